The smallest absolute Gasteiger partial charge is 0.251 e. The topological polar surface area (TPSA) is 65.4 Å². The van der Waals surface area contributed by atoms with Crippen molar-refractivity contribution >= 4 is 5.91 Å². The summed E-state index contributed by atoms with van der Waals surface area (Å²) in [6.45, 7) is 5.51. The van der Waals surface area contributed by atoms with Crippen LogP contribution in [-0.2, 0) is 6.54 Å². The predicted octanol–water partition coefficient (Wildman–Crippen LogP) is 3.19. The second kappa shape index (κ2) is 7.15. The zero-order valence-corrected chi connectivity index (χ0v) is 15.4. The molecule has 1 amide bonds. The van der Waals surface area contributed by atoms with Crippen molar-refractivity contribution < 1.29 is 14.3 Å². The lowest BCUT2D eigenvalue weighted by Crippen LogP contribution is -2.23. The summed E-state index contributed by atoms with van der Waals surface area (Å²) in [5.74, 6) is 1.35. The van der Waals surface area contributed by atoms with Gasteiger partial charge in [0.15, 0.2) is 11.5 Å². The number of carbonyl (C=O) groups excluding carboxylic acids is 1. The average Bonchev–Trinajstić information content (AvgIpc) is 3.04. The van der Waals surface area contributed by atoms with E-state index in [9.17, 15) is 4.79 Å². The molecule has 1 N–H and O–H groups in total. The first-order valence-corrected chi connectivity index (χ1v) is 8.90. The second-order valence-electron chi connectivity index (χ2n) is 6.55. The Morgan fingerprint density at radius 1 is 1.04 bits per heavy atom. The van der Waals surface area contributed by atoms with Gasteiger partial charge in [0.1, 0.15) is 13.2 Å². The number of hydrogen-bond acceptors (Lipinski definition) is 4. The highest BCUT2D eigenvalue weighted by molar-refractivity contribution is 5.94. The summed E-state index contributed by atoms with van der Waals surface area (Å²) in [5, 5.41) is 7.40. The highest BCUT2D eigenvalue weighted by atomic mass is 16.6. The summed E-state index contributed by atoms with van der Waals surface area (Å²) in [7, 11) is 0. The Hall–Kier alpha value is -3.28. The van der Waals surface area contributed by atoms with Gasteiger partial charge in [-0.25, -0.2) is 4.68 Å². The van der Waals surface area contributed by atoms with E-state index in [4.69, 9.17) is 9.47 Å². The van der Waals surface area contributed by atoms with Gasteiger partial charge in [-0.05, 0) is 61.9 Å². The molecule has 4 rings (SSSR count). The first-order valence-electron chi connectivity index (χ1n) is 8.90. The molecule has 0 aliphatic carbocycles. The summed E-state index contributed by atoms with van der Waals surface area (Å²) < 4.78 is 13.0. The Morgan fingerprint density at radius 2 is 1.78 bits per heavy atom. The van der Waals surface area contributed by atoms with Crippen molar-refractivity contribution in [3.63, 3.8) is 0 Å². The number of carbonyl (C=O) groups is 1. The minimum Gasteiger partial charge on any atom is -0.486 e. The molecule has 0 radical (unpaired) electrons. The fraction of sp³-hybridized carbons (Fsp3) is 0.238. The van der Waals surface area contributed by atoms with E-state index in [1.165, 1.54) is 0 Å². The zero-order chi connectivity index (χ0) is 18.8. The second-order valence-corrected chi connectivity index (χ2v) is 6.55. The van der Waals surface area contributed by atoms with Crippen molar-refractivity contribution in [2.75, 3.05) is 13.2 Å². The van der Waals surface area contributed by atoms with E-state index in [1.54, 1.807) is 0 Å². The van der Waals surface area contributed by atoms with Gasteiger partial charge in [0, 0.05) is 17.8 Å². The maximum absolute atomic E-state index is 12.4. The lowest BCUT2D eigenvalue weighted by Gasteiger charge is -2.19. The van der Waals surface area contributed by atoms with Crippen LogP contribution in [0.4, 0.5) is 0 Å². The number of benzene rings is 2. The first kappa shape index (κ1) is 17.1. The standard InChI is InChI=1S/C21H21N3O3/c1-14-11-15(2)24(23-14)18-6-4-17(5-7-18)21(25)22-13-16-3-8-19-20(12-16)27-10-9-26-19/h3-8,11-12H,9-10,13H2,1-2H3,(H,22,25). The summed E-state index contributed by atoms with van der Waals surface area (Å²) in [6, 6.07) is 15.2. The van der Waals surface area contributed by atoms with Gasteiger partial charge < -0.3 is 14.8 Å². The highest BCUT2D eigenvalue weighted by Crippen LogP contribution is 2.30. The number of rotatable bonds is 4. The number of amides is 1. The number of nitrogens with one attached hydrogen (secondary N) is 1. The molecule has 0 atom stereocenters. The molecule has 0 spiro atoms. The third-order valence-electron chi connectivity index (χ3n) is 4.44. The van der Waals surface area contributed by atoms with Gasteiger partial charge in [0.25, 0.3) is 5.91 Å². The first-order chi connectivity index (χ1) is 13.1. The van der Waals surface area contributed by atoms with Crippen LogP contribution in [0.2, 0.25) is 0 Å². The Kier molecular flexibility index (Phi) is 4.54. The van der Waals surface area contributed by atoms with Crippen LogP contribution in [0.1, 0.15) is 27.3 Å². The lowest BCUT2D eigenvalue weighted by atomic mass is 10.1. The maximum atomic E-state index is 12.4. The van der Waals surface area contributed by atoms with E-state index < -0.39 is 0 Å². The number of aryl methyl sites for hydroxylation is 2. The Balaban J connectivity index is 1.42. The quantitative estimate of drug-likeness (QED) is 0.773. The molecule has 3 aromatic rings. The van der Waals surface area contributed by atoms with Gasteiger partial charge >= 0.3 is 0 Å². The fourth-order valence-electron chi connectivity index (χ4n) is 3.13. The van der Waals surface area contributed by atoms with Crippen LogP contribution >= 0.6 is 0 Å². The van der Waals surface area contributed by atoms with E-state index in [0.717, 1.165) is 34.1 Å². The molecule has 0 saturated carbocycles. The molecule has 2 heterocycles. The van der Waals surface area contributed by atoms with E-state index in [0.29, 0.717) is 25.3 Å². The molecule has 27 heavy (non-hydrogen) atoms. The molecule has 0 fully saturated rings. The molecule has 0 unspecified atom stereocenters. The minimum absolute atomic E-state index is 0.121. The van der Waals surface area contributed by atoms with Crippen LogP contribution in [0.25, 0.3) is 5.69 Å². The maximum Gasteiger partial charge on any atom is 0.251 e. The van der Waals surface area contributed by atoms with E-state index in [2.05, 4.69) is 10.4 Å². The van der Waals surface area contributed by atoms with E-state index >= 15 is 0 Å². The summed E-state index contributed by atoms with van der Waals surface area (Å²) >= 11 is 0. The molecule has 0 saturated heterocycles. The fourth-order valence-corrected chi connectivity index (χ4v) is 3.13. The highest BCUT2D eigenvalue weighted by Gasteiger charge is 2.12. The average molecular weight is 363 g/mol. The van der Waals surface area contributed by atoms with Crippen LogP contribution in [0.5, 0.6) is 11.5 Å². The van der Waals surface area contributed by atoms with Crippen LogP contribution in [0.15, 0.2) is 48.5 Å². The van der Waals surface area contributed by atoms with Crippen LogP contribution in [-0.4, -0.2) is 28.9 Å². The van der Waals surface area contributed by atoms with E-state index in [1.807, 2.05) is 67.1 Å². The van der Waals surface area contributed by atoms with Crippen LogP contribution in [0.3, 0.4) is 0 Å². The van der Waals surface area contributed by atoms with Crippen molar-refractivity contribution in [2.45, 2.75) is 20.4 Å². The van der Waals surface area contributed by atoms with Gasteiger partial charge in [-0.1, -0.05) is 6.07 Å². The van der Waals surface area contributed by atoms with Crippen molar-refractivity contribution in [1.29, 1.82) is 0 Å². The number of nitrogens with zero attached hydrogens (tertiary/aromatic N) is 2. The Bertz CT molecular complexity index is 977. The molecular weight excluding hydrogens is 342 g/mol. The SMILES string of the molecule is Cc1cc(C)n(-c2ccc(C(=O)NCc3ccc4c(c3)OCCO4)cc2)n1. The molecule has 6 heteroatoms. The Morgan fingerprint density at radius 3 is 2.48 bits per heavy atom. The normalized spacial score (nSPS) is 12.7. The van der Waals surface area contributed by atoms with Crippen molar-refractivity contribution in [2.24, 2.45) is 0 Å². The van der Waals surface area contributed by atoms with Gasteiger partial charge in [0.2, 0.25) is 0 Å². The molecule has 1 aliphatic heterocycles. The Labute approximate surface area is 157 Å². The van der Waals surface area contributed by atoms with Gasteiger partial charge in [-0.3, -0.25) is 4.79 Å². The molecule has 6 nitrogen and oxygen atoms in total. The molecule has 1 aliphatic rings. The van der Waals surface area contributed by atoms with Crippen LogP contribution in [0, 0.1) is 13.8 Å². The van der Waals surface area contributed by atoms with Crippen molar-refractivity contribution in [3.05, 3.63) is 71.0 Å². The zero-order valence-electron chi connectivity index (χ0n) is 15.4. The molecular formula is C21H21N3O3. The largest absolute Gasteiger partial charge is 0.486 e. The van der Waals surface area contributed by atoms with Crippen molar-refractivity contribution in [3.8, 4) is 17.2 Å². The molecule has 1 aromatic heterocycles. The van der Waals surface area contributed by atoms with E-state index in [-0.39, 0.29) is 5.91 Å². The van der Waals surface area contributed by atoms with Gasteiger partial charge in [-0.15, -0.1) is 0 Å². The third-order valence-corrected chi connectivity index (χ3v) is 4.44. The summed E-state index contributed by atoms with van der Waals surface area (Å²) in [6.07, 6.45) is 0. The van der Waals surface area contributed by atoms with Gasteiger partial charge in [0.05, 0.1) is 11.4 Å². The number of hydrogen-bond donors (Lipinski definition) is 1. The minimum atomic E-state index is -0.121. The summed E-state index contributed by atoms with van der Waals surface area (Å²) in [5.41, 5.74) is 4.53. The predicted molar refractivity (Wildman–Crippen MR) is 102 cm³/mol. The van der Waals surface area contributed by atoms with Crippen LogP contribution < -0.4 is 14.8 Å². The monoisotopic (exact) mass is 363 g/mol. The number of ether oxygens (including phenoxy) is 2. The number of aromatic nitrogens is 2. The third kappa shape index (κ3) is 3.65. The molecule has 2 aromatic carbocycles. The molecule has 138 valence electrons. The summed E-state index contributed by atoms with van der Waals surface area (Å²) in [4.78, 5) is 12.4. The lowest BCUT2D eigenvalue weighted by molar-refractivity contribution is 0.0951. The van der Waals surface area contributed by atoms with Gasteiger partial charge in [-0.2, -0.15) is 5.10 Å². The number of fused-ring (bicyclic) bond motifs is 1. The van der Waals surface area contributed by atoms with Crippen molar-refractivity contribution in [1.82, 2.24) is 15.1 Å². The molecule has 0 bridgehead atoms.